The molecule has 0 bridgehead atoms. The highest BCUT2D eigenvalue weighted by Crippen LogP contribution is 2.16. The van der Waals surface area contributed by atoms with Gasteiger partial charge in [0.1, 0.15) is 11.5 Å². The summed E-state index contributed by atoms with van der Waals surface area (Å²) < 4.78 is 11.2. The number of benzene rings is 1. The molecule has 1 fully saturated rings. The molecule has 0 spiro atoms. The standard InChI is InChI=1S/C22H29N3O4/c1-14-5-10-20(29-14)17(4)24-22(27)23-11-18-6-8-19(9-7-18)21(26)25-12-15(2)28-16(3)13-25/h5-10,15-17H,11-13H2,1-4H3,(H2,23,24,27). The molecule has 2 aromatic rings. The van der Waals surface area contributed by atoms with E-state index in [1.165, 1.54) is 0 Å². The predicted molar refractivity (Wildman–Crippen MR) is 110 cm³/mol. The summed E-state index contributed by atoms with van der Waals surface area (Å²) in [6.07, 6.45) is 0.0781. The molecule has 3 amide bonds. The summed E-state index contributed by atoms with van der Waals surface area (Å²) >= 11 is 0. The molecule has 7 nitrogen and oxygen atoms in total. The number of hydrogen-bond acceptors (Lipinski definition) is 4. The van der Waals surface area contributed by atoms with Crippen molar-refractivity contribution in [1.82, 2.24) is 15.5 Å². The first-order chi connectivity index (χ1) is 13.8. The maximum atomic E-state index is 12.7. The fraction of sp³-hybridized carbons (Fsp3) is 0.455. The van der Waals surface area contributed by atoms with Crippen molar-refractivity contribution in [2.75, 3.05) is 13.1 Å². The van der Waals surface area contributed by atoms with Crippen LogP contribution in [0.2, 0.25) is 0 Å². The zero-order valence-electron chi connectivity index (χ0n) is 17.4. The highest BCUT2D eigenvalue weighted by Gasteiger charge is 2.26. The molecule has 0 aliphatic carbocycles. The normalized spacial score (nSPS) is 20.2. The molecule has 3 rings (SSSR count). The van der Waals surface area contributed by atoms with Crippen molar-refractivity contribution >= 4 is 11.9 Å². The molecular formula is C22H29N3O4. The number of urea groups is 1. The Kier molecular flexibility index (Phi) is 6.59. The zero-order valence-corrected chi connectivity index (χ0v) is 17.4. The minimum atomic E-state index is -0.275. The molecule has 1 aliphatic heterocycles. The van der Waals surface area contributed by atoms with Crippen LogP contribution in [0, 0.1) is 6.92 Å². The van der Waals surface area contributed by atoms with Gasteiger partial charge < -0.3 is 24.7 Å². The van der Waals surface area contributed by atoms with Gasteiger partial charge in [-0.3, -0.25) is 4.79 Å². The summed E-state index contributed by atoms with van der Waals surface area (Å²) in [7, 11) is 0. The number of amides is 3. The maximum Gasteiger partial charge on any atom is 0.315 e. The van der Waals surface area contributed by atoms with Gasteiger partial charge in [-0.2, -0.15) is 0 Å². The van der Waals surface area contributed by atoms with E-state index in [0.29, 0.717) is 31.0 Å². The van der Waals surface area contributed by atoms with E-state index >= 15 is 0 Å². The quantitative estimate of drug-likeness (QED) is 0.807. The molecular weight excluding hydrogens is 370 g/mol. The lowest BCUT2D eigenvalue weighted by atomic mass is 10.1. The third-order valence-electron chi connectivity index (χ3n) is 4.90. The number of rotatable bonds is 5. The molecule has 3 atom stereocenters. The molecule has 0 radical (unpaired) electrons. The van der Waals surface area contributed by atoms with E-state index in [-0.39, 0.29) is 30.2 Å². The molecule has 3 unspecified atom stereocenters. The van der Waals surface area contributed by atoms with Crippen molar-refractivity contribution in [2.24, 2.45) is 0 Å². The van der Waals surface area contributed by atoms with E-state index in [2.05, 4.69) is 10.6 Å². The van der Waals surface area contributed by atoms with Crippen molar-refractivity contribution in [3.05, 3.63) is 59.0 Å². The van der Waals surface area contributed by atoms with Gasteiger partial charge in [0.05, 0.1) is 18.2 Å². The van der Waals surface area contributed by atoms with Gasteiger partial charge in [-0.25, -0.2) is 4.79 Å². The van der Waals surface area contributed by atoms with Crippen LogP contribution in [-0.2, 0) is 11.3 Å². The highest BCUT2D eigenvalue weighted by molar-refractivity contribution is 5.94. The molecule has 7 heteroatoms. The Balaban J connectivity index is 1.50. The van der Waals surface area contributed by atoms with Crippen LogP contribution in [0.5, 0.6) is 0 Å². The molecule has 1 aromatic carbocycles. The highest BCUT2D eigenvalue weighted by atomic mass is 16.5. The Hall–Kier alpha value is -2.80. The third-order valence-corrected chi connectivity index (χ3v) is 4.90. The Morgan fingerprint density at radius 3 is 2.34 bits per heavy atom. The number of ether oxygens (including phenoxy) is 1. The van der Waals surface area contributed by atoms with E-state index in [9.17, 15) is 9.59 Å². The summed E-state index contributed by atoms with van der Waals surface area (Å²) in [4.78, 5) is 26.7. The molecule has 156 valence electrons. The van der Waals surface area contributed by atoms with Gasteiger partial charge >= 0.3 is 6.03 Å². The van der Waals surface area contributed by atoms with E-state index in [4.69, 9.17) is 9.15 Å². The summed E-state index contributed by atoms with van der Waals surface area (Å²) in [5.41, 5.74) is 1.56. The smallest absolute Gasteiger partial charge is 0.315 e. The molecule has 2 heterocycles. The summed E-state index contributed by atoms with van der Waals surface area (Å²) in [5.74, 6) is 1.53. The van der Waals surface area contributed by atoms with E-state index in [0.717, 1.165) is 11.3 Å². The molecule has 1 saturated heterocycles. The van der Waals surface area contributed by atoms with Crippen LogP contribution in [0.4, 0.5) is 4.79 Å². The van der Waals surface area contributed by atoms with Crippen LogP contribution in [0.3, 0.4) is 0 Å². The van der Waals surface area contributed by atoms with Crippen molar-refractivity contribution in [3.8, 4) is 0 Å². The number of carbonyl (C=O) groups excluding carboxylic acids is 2. The predicted octanol–water partition coefficient (Wildman–Crippen LogP) is 3.40. The number of carbonyl (C=O) groups is 2. The average molecular weight is 399 g/mol. The largest absolute Gasteiger partial charge is 0.464 e. The second kappa shape index (κ2) is 9.13. The van der Waals surface area contributed by atoms with E-state index < -0.39 is 0 Å². The molecule has 2 N–H and O–H groups in total. The van der Waals surface area contributed by atoms with E-state index in [1.807, 2.05) is 56.9 Å². The van der Waals surface area contributed by atoms with Gasteiger partial charge in [-0.1, -0.05) is 12.1 Å². The minimum Gasteiger partial charge on any atom is -0.464 e. The van der Waals surface area contributed by atoms with Crippen molar-refractivity contribution < 1.29 is 18.7 Å². The number of hydrogen-bond donors (Lipinski definition) is 2. The fourth-order valence-corrected chi connectivity index (χ4v) is 3.48. The monoisotopic (exact) mass is 399 g/mol. The lowest BCUT2D eigenvalue weighted by Crippen LogP contribution is -2.48. The summed E-state index contributed by atoms with van der Waals surface area (Å²) in [6.45, 7) is 9.25. The Labute approximate surface area is 171 Å². The Morgan fingerprint density at radius 2 is 1.76 bits per heavy atom. The summed E-state index contributed by atoms with van der Waals surface area (Å²) in [6, 6.07) is 10.6. The van der Waals surface area contributed by atoms with Gasteiger partial charge in [0.25, 0.3) is 5.91 Å². The van der Waals surface area contributed by atoms with Crippen molar-refractivity contribution in [1.29, 1.82) is 0 Å². The Bertz CT molecular complexity index is 836. The van der Waals surface area contributed by atoms with Crippen LogP contribution in [-0.4, -0.2) is 42.1 Å². The first-order valence-corrected chi connectivity index (χ1v) is 9.96. The van der Waals surface area contributed by atoms with Crippen molar-refractivity contribution in [2.45, 2.75) is 52.5 Å². The number of morpholine rings is 1. The molecule has 1 aromatic heterocycles. The summed E-state index contributed by atoms with van der Waals surface area (Å²) in [5, 5.41) is 5.67. The van der Waals surface area contributed by atoms with E-state index in [1.54, 1.807) is 12.1 Å². The van der Waals surface area contributed by atoms with Crippen LogP contribution in [0.15, 0.2) is 40.8 Å². The number of aryl methyl sites for hydroxylation is 1. The van der Waals surface area contributed by atoms with Gasteiger partial charge in [-0.05, 0) is 57.5 Å². The molecule has 29 heavy (non-hydrogen) atoms. The van der Waals surface area contributed by atoms with Crippen LogP contribution in [0.25, 0.3) is 0 Å². The van der Waals surface area contributed by atoms with Crippen molar-refractivity contribution in [3.63, 3.8) is 0 Å². The third kappa shape index (κ3) is 5.60. The zero-order chi connectivity index (χ0) is 21.0. The molecule has 0 saturated carbocycles. The van der Waals surface area contributed by atoms with Crippen LogP contribution >= 0.6 is 0 Å². The number of nitrogens with zero attached hydrogens (tertiary/aromatic N) is 1. The second-order valence-electron chi connectivity index (χ2n) is 7.66. The minimum absolute atomic E-state index is 0.00631. The fourth-order valence-electron chi connectivity index (χ4n) is 3.48. The van der Waals surface area contributed by atoms with Gasteiger partial charge in [0.2, 0.25) is 0 Å². The first-order valence-electron chi connectivity index (χ1n) is 9.96. The number of furan rings is 1. The second-order valence-corrected chi connectivity index (χ2v) is 7.66. The first kappa shape index (κ1) is 20.9. The van der Waals surface area contributed by atoms with Gasteiger partial charge in [-0.15, -0.1) is 0 Å². The topological polar surface area (TPSA) is 83.8 Å². The van der Waals surface area contributed by atoms with Gasteiger partial charge in [0, 0.05) is 25.2 Å². The SMILES string of the molecule is Cc1ccc(C(C)NC(=O)NCc2ccc(C(=O)N3CC(C)OC(C)C3)cc2)o1. The lowest BCUT2D eigenvalue weighted by molar-refractivity contribution is -0.0586. The maximum absolute atomic E-state index is 12.7. The molecule has 1 aliphatic rings. The Morgan fingerprint density at radius 1 is 1.10 bits per heavy atom. The van der Waals surface area contributed by atoms with Crippen LogP contribution in [0.1, 0.15) is 54.3 Å². The van der Waals surface area contributed by atoms with Gasteiger partial charge in [0.15, 0.2) is 0 Å². The number of nitrogens with one attached hydrogen (secondary N) is 2. The van der Waals surface area contributed by atoms with Crippen LogP contribution < -0.4 is 10.6 Å². The lowest BCUT2D eigenvalue weighted by Gasteiger charge is -2.35. The average Bonchev–Trinajstić information content (AvgIpc) is 3.12.